The van der Waals surface area contributed by atoms with E-state index in [1.54, 1.807) is 16.7 Å². The van der Waals surface area contributed by atoms with Crippen molar-refractivity contribution in [2.75, 3.05) is 11.1 Å². The molecule has 2 aromatic rings. The number of nitrogens with zero attached hydrogens (tertiary/aromatic N) is 3. The van der Waals surface area contributed by atoms with Crippen LogP contribution < -0.4 is 21.9 Å². The maximum absolute atomic E-state index is 13.2. The number of fused-ring (bicyclic) bond motifs is 2. The number of aromatic nitrogens is 3. The quantitative estimate of drug-likeness (QED) is 0.749. The van der Waals surface area contributed by atoms with Gasteiger partial charge in [0.1, 0.15) is 29.3 Å². The Kier molecular flexibility index (Phi) is 5.67. The van der Waals surface area contributed by atoms with Crippen molar-refractivity contribution in [3.63, 3.8) is 0 Å². The molecule has 1 saturated carbocycles. The van der Waals surface area contributed by atoms with Gasteiger partial charge in [0.15, 0.2) is 0 Å². The molecule has 8 heteroatoms. The summed E-state index contributed by atoms with van der Waals surface area (Å²) in [7, 11) is 0. The molecule has 1 aliphatic carbocycles. The first-order valence-electron chi connectivity index (χ1n) is 9.90. The lowest BCUT2D eigenvalue weighted by molar-refractivity contribution is 0.0876. The molecule has 3 heterocycles. The molecule has 4 rings (SSSR count). The predicted molar refractivity (Wildman–Crippen MR) is 109 cm³/mol. The Morgan fingerprint density at radius 3 is 2.57 bits per heavy atom. The van der Waals surface area contributed by atoms with Crippen molar-refractivity contribution in [3.8, 4) is 0 Å². The molecule has 150 valence electrons. The van der Waals surface area contributed by atoms with Gasteiger partial charge in [-0.25, -0.2) is 9.97 Å². The summed E-state index contributed by atoms with van der Waals surface area (Å²) in [5, 5.41) is 6.21. The summed E-state index contributed by atoms with van der Waals surface area (Å²) in [5.74, 6) is 0.770. The number of nitrogens with one attached hydrogen (secondary N) is 2. The van der Waals surface area contributed by atoms with E-state index < -0.39 is 5.66 Å². The summed E-state index contributed by atoms with van der Waals surface area (Å²) in [6.45, 7) is 6.18. The average Bonchev–Trinajstić information content (AvgIpc) is 2.98. The predicted octanol–water partition coefficient (Wildman–Crippen LogP) is 2.53. The van der Waals surface area contributed by atoms with E-state index >= 15 is 0 Å². The van der Waals surface area contributed by atoms with Crippen LogP contribution >= 0.6 is 0 Å². The third kappa shape index (κ3) is 3.46. The molecule has 1 aliphatic heterocycles. The van der Waals surface area contributed by atoms with Gasteiger partial charge in [0.05, 0.1) is 0 Å². The van der Waals surface area contributed by atoms with Gasteiger partial charge in [-0.15, -0.1) is 0 Å². The first-order chi connectivity index (χ1) is 13.5. The van der Waals surface area contributed by atoms with Crippen LogP contribution in [-0.4, -0.2) is 20.4 Å². The number of rotatable bonds is 3. The number of aryl methyl sites for hydroxylation is 1. The Balaban J connectivity index is 0.00000109. The molecule has 8 nitrogen and oxygen atoms in total. The second kappa shape index (κ2) is 8.00. The minimum atomic E-state index is -0.568. The number of hydrogen-bond donors (Lipinski definition) is 3. The normalized spacial score (nSPS) is 16.8. The fourth-order valence-electron chi connectivity index (χ4n) is 4.10. The summed E-state index contributed by atoms with van der Waals surface area (Å²) in [4.78, 5) is 33.7. The Hall–Kier alpha value is -2.90. The summed E-state index contributed by atoms with van der Waals surface area (Å²) in [6, 6.07) is 3.40. The zero-order valence-electron chi connectivity index (χ0n) is 16.7. The van der Waals surface area contributed by atoms with E-state index in [0.717, 1.165) is 37.7 Å². The Morgan fingerprint density at radius 1 is 1.18 bits per heavy atom. The lowest BCUT2D eigenvalue weighted by Crippen LogP contribution is -2.49. The molecule has 0 unspecified atom stereocenters. The molecule has 4 N–H and O–H groups in total. The molecule has 1 spiro atoms. The lowest BCUT2D eigenvalue weighted by Gasteiger charge is -2.35. The SMILES string of the molecule is CC.Cc1cc(CNc2cc(N)ncn2)c(=O)n2c1C(=O)NC21CCCCC1. The first-order valence-corrected chi connectivity index (χ1v) is 9.90. The van der Waals surface area contributed by atoms with E-state index in [9.17, 15) is 9.59 Å². The molecular formula is C20H28N6O2. The average molecular weight is 384 g/mol. The van der Waals surface area contributed by atoms with E-state index in [-0.39, 0.29) is 11.5 Å². The van der Waals surface area contributed by atoms with Gasteiger partial charge in [-0.1, -0.05) is 20.3 Å². The van der Waals surface area contributed by atoms with E-state index in [1.165, 1.54) is 6.33 Å². The highest BCUT2D eigenvalue weighted by molar-refractivity contribution is 5.96. The molecule has 2 aliphatic rings. The maximum Gasteiger partial charge on any atom is 0.270 e. The van der Waals surface area contributed by atoms with Crippen molar-refractivity contribution in [2.45, 2.75) is 65.1 Å². The standard InChI is InChI=1S/C18H22N6O2.C2H6/c1-11-7-12(9-20-14-8-13(19)21-10-22-14)17(26)24-15(11)16(25)23-18(24)5-3-2-4-6-18;1-2/h7-8,10H,2-6,9H2,1H3,(H,23,25)(H3,19,20,21,22);1-2H3. The smallest absolute Gasteiger partial charge is 0.270 e. The van der Waals surface area contributed by atoms with Gasteiger partial charge in [-0.05, 0) is 44.2 Å². The molecule has 1 fully saturated rings. The van der Waals surface area contributed by atoms with Crippen LogP contribution in [0.3, 0.4) is 0 Å². The Bertz CT molecular complexity index is 931. The fraction of sp³-hybridized carbons (Fsp3) is 0.500. The number of carbonyl (C=O) groups excluding carboxylic acids is 1. The first kappa shape index (κ1) is 19.9. The second-order valence-corrected chi connectivity index (χ2v) is 7.07. The Labute approximate surface area is 164 Å². The van der Waals surface area contributed by atoms with Crippen LogP contribution in [0.15, 0.2) is 23.3 Å². The number of pyridine rings is 1. The lowest BCUT2D eigenvalue weighted by atomic mass is 9.89. The molecular weight excluding hydrogens is 356 g/mol. The van der Waals surface area contributed by atoms with Gasteiger partial charge >= 0.3 is 0 Å². The van der Waals surface area contributed by atoms with E-state index in [0.29, 0.717) is 29.4 Å². The highest BCUT2D eigenvalue weighted by Crippen LogP contribution is 2.36. The van der Waals surface area contributed by atoms with Crippen LogP contribution in [0.5, 0.6) is 0 Å². The zero-order chi connectivity index (χ0) is 20.3. The molecule has 0 radical (unpaired) electrons. The monoisotopic (exact) mass is 384 g/mol. The summed E-state index contributed by atoms with van der Waals surface area (Å²) >= 11 is 0. The van der Waals surface area contributed by atoms with Crippen molar-refractivity contribution < 1.29 is 4.79 Å². The van der Waals surface area contributed by atoms with Gasteiger partial charge < -0.3 is 16.4 Å². The van der Waals surface area contributed by atoms with Crippen LogP contribution in [-0.2, 0) is 12.2 Å². The van der Waals surface area contributed by atoms with Crippen LogP contribution in [0.2, 0.25) is 0 Å². The number of nitrogen functional groups attached to an aromatic ring is 1. The minimum absolute atomic E-state index is 0.125. The minimum Gasteiger partial charge on any atom is -0.384 e. The molecule has 28 heavy (non-hydrogen) atoms. The van der Waals surface area contributed by atoms with Crippen molar-refractivity contribution >= 4 is 17.5 Å². The van der Waals surface area contributed by atoms with E-state index in [2.05, 4.69) is 20.6 Å². The Morgan fingerprint density at radius 2 is 1.89 bits per heavy atom. The number of hydrogen-bond acceptors (Lipinski definition) is 6. The van der Waals surface area contributed by atoms with E-state index in [4.69, 9.17) is 5.73 Å². The molecule has 2 aromatic heterocycles. The third-order valence-electron chi connectivity index (χ3n) is 5.28. The molecule has 0 saturated heterocycles. The zero-order valence-corrected chi connectivity index (χ0v) is 16.7. The molecule has 1 amide bonds. The van der Waals surface area contributed by atoms with Crippen LogP contribution in [0.1, 0.15) is 67.6 Å². The number of carbonyl (C=O) groups is 1. The maximum atomic E-state index is 13.2. The van der Waals surface area contributed by atoms with Crippen LogP contribution in [0.4, 0.5) is 11.6 Å². The highest BCUT2D eigenvalue weighted by Gasteiger charge is 2.45. The molecule has 0 aromatic carbocycles. The van der Waals surface area contributed by atoms with Crippen LogP contribution in [0, 0.1) is 6.92 Å². The topological polar surface area (TPSA) is 115 Å². The van der Waals surface area contributed by atoms with E-state index in [1.807, 2.05) is 20.8 Å². The second-order valence-electron chi connectivity index (χ2n) is 7.07. The van der Waals surface area contributed by atoms with Crippen molar-refractivity contribution in [1.29, 1.82) is 0 Å². The fourth-order valence-corrected chi connectivity index (χ4v) is 4.10. The number of amides is 1. The number of anilines is 2. The van der Waals surface area contributed by atoms with Gasteiger partial charge in [0.2, 0.25) is 0 Å². The largest absolute Gasteiger partial charge is 0.384 e. The highest BCUT2D eigenvalue weighted by atomic mass is 16.2. The van der Waals surface area contributed by atoms with Gasteiger partial charge in [0, 0.05) is 18.2 Å². The van der Waals surface area contributed by atoms with Crippen molar-refractivity contribution in [2.24, 2.45) is 0 Å². The summed E-state index contributed by atoms with van der Waals surface area (Å²) in [5.41, 5.74) is 6.87. The third-order valence-corrected chi connectivity index (χ3v) is 5.28. The van der Waals surface area contributed by atoms with Gasteiger partial charge in [0.25, 0.3) is 11.5 Å². The van der Waals surface area contributed by atoms with Crippen molar-refractivity contribution in [1.82, 2.24) is 19.9 Å². The van der Waals surface area contributed by atoms with Gasteiger partial charge in [-0.2, -0.15) is 0 Å². The van der Waals surface area contributed by atoms with Crippen molar-refractivity contribution in [3.05, 3.63) is 45.6 Å². The molecule has 0 bridgehead atoms. The summed E-state index contributed by atoms with van der Waals surface area (Å²) in [6.07, 6.45) is 6.12. The van der Waals surface area contributed by atoms with Crippen LogP contribution in [0.25, 0.3) is 0 Å². The molecule has 0 atom stereocenters. The number of nitrogens with two attached hydrogens (primary N) is 1. The summed E-state index contributed by atoms with van der Waals surface area (Å²) < 4.78 is 1.70. The van der Waals surface area contributed by atoms with Gasteiger partial charge in [-0.3, -0.25) is 14.2 Å².